The Hall–Kier alpha value is -2.45. The smallest absolute Gasteiger partial charge is 0.239 e. The number of aromatic nitrogens is 3. The molecule has 3 heterocycles. The second kappa shape index (κ2) is 5.29. The molecule has 0 spiro atoms. The van der Waals surface area contributed by atoms with Crippen molar-refractivity contribution in [2.75, 3.05) is 18.0 Å². The molecule has 124 valence electrons. The third-order valence-corrected chi connectivity index (χ3v) is 5.34. The van der Waals surface area contributed by atoms with Gasteiger partial charge in [-0.05, 0) is 24.3 Å². The minimum Gasteiger partial charge on any atom is -0.355 e. The minimum absolute atomic E-state index is 0.0266. The quantitative estimate of drug-likeness (QED) is 0.772. The molecule has 0 aliphatic carbocycles. The van der Waals surface area contributed by atoms with Gasteiger partial charge in [-0.2, -0.15) is 0 Å². The van der Waals surface area contributed by atoms with Gasteiger partial charge in [0.1, 0.15) is 16.5 Å². The predicted molar refractivity (Wildman–Crippen MR) is 91.3 cm³/mol. The summed E-state index contributed by atoms with van der Waals surface area (Å²) in [4.78, 5) is 11.0. The molecule has 1 saturated heterocycles. The maximum atomic E-state index is 11.3. The first-order valence-corrected chi connectivity index (χ1v) is 9.13. The van der Waals surface area contributed by atoms with Crippen LogP contribution in [0.1, 0.15) is 11.7 Å². The number of benzene rings is 1. The molecule has 0 saturated carbocycles. The van der Waals surface area contributed by atoms with E-state index in [0.717, 1.165) is 35.8 Å². The lowest BCUT2D eigenvalue weighted by Crippen LogP contribution is -2.46. The minimum atomic E-state index is -3.70. The summed E-state index contributed by atoms with van der Waals surface area (Å²) >= 11 is 0. The Bertz CT molecular complexity index is 1000. The number of primary sulfonamides is 1. The fraction of sp³-hybridized carbons (Fsp3) is 0.250. The molecule has 0 atom stereocenters. The molecule has 1 aliphatic rings. The Morgan fingerprint density at radius 1 is 1.17 bits per heavy atom. The molecule has 0 unspecified atom stereocenters. The van der Waals surface area contributed by atoms with Crippen molar-refractivity contribution in [1.29, 1.82) is 0 Å². The highest BCUT2D eigenvalue weighted by Crippen LogP contribution is 2.31. The van der Waals surface area contributed by atoms with Gasteiger partial charge < -0.3 is 9.47 Å². The molecule has 0 bridgehead atoms. The molecule has 2 N–H and O–H groups in total. The SMILES string of the molecule is Cn1c(C2CN(c3ccc(S(N)(=O)=O)cn3)C2)nc2ccccc21. The molecule has 1 aliphatic heterocycles. The largest absolute Gasteiger partial charge is 0.355 e. The number of aryl methyl sites for hydroxylation is 1. The van der Waals surface area contributed by atoms with Gasteiger partial charge in [-0.1, -0.05) is 12.1 Å². The number of rotatable bonds is 3. The van der Waals surface area contributed by atoms with Gasteiger partial charge in [0.05, 0.1) is 17.0 Å². The molecule has 7 nitrogen and oxygen atoms in total. The number of nitrogens with zero attached hydrogens (tertiary/aromatic N) is 4. The zero-order valence-electron chi connectivity index (χ0n) is 13.1. The fourth-order valence-electron chi connectivity index (χ4n) is 3.09. The molecular formula is C16H17N5O2S. The van der Waals surface area contributed by atoms with Crippen LogP contribution in [0, 0.1) is 0 Å². The molecule has 0 amide bonds. The van der Waals surface area contributed by atoms with Crippen LogP contribution in [0.5, 0.6) is 0 Å². The number of fused-ring (bicyclic) bond motifs is 1. The van der Waals surface area contributed by atoms with Gasteiger partial charge in [0.15, 0.2) is 0 Å². The van der Waals surface area contributed by atoms with E-state index in [2.05, 4.69) is 20.5 Å². The summed E-state index contributed by atoms with van der Waals surface area (Å²) in [5, 5.41) is 5.09. The molecule has 8 heteroatoms. The van der Waals surface area contributed by atoms with Crippen molar-refractivity contribution >= 4 is 26.9 Å². The van der Waals surface area contributed by atoms with Crippen LogP contribution in [0.25, 0.3) is 11.0 Å². The van der Waals surface area contributed by atoms with E-state index in [1.807, 2.05) is 25.2 Å². The van der Waals surface area contributed by atoms with Crippen molar-refractivity contribution in [3.05, 3.63) is 48.4 Å². The number of anilines is 1. The summed E-state index contributed by atoms with van der Waals surface area (Å²) in [7, 11) is -1.67. The monoisotopic (exact) mass is 343 g/mol. The zero-order valence-corrected chi connectivity index (χ0v) is 13.9. The molecular weight excluding hydrogens is 326 g/mol. The summed E-state index contributed by atoms with van der Waals surface area (Å²) in [5.41, 5.74) is 2.13. The first kappa shape index (κ1) is 15.1. The lowest BCUT2D eigenvalue weighted by Gasteiger charge is -2.39. The van der Waals surface area contributed by atoms with Gasteiger partial charge in [-0.25, -0.2) is 23.5 Å². The standard InChI is InChI=1S/C16H17N5O2S/c1-20-14-5-3-2-4-13(14)19-16(20)11-9-21(10-11)15-7-6-12(8-18-15)24(17,22)23/h2-8,11H,9-10H2,1H3,(H2,17,22,23). The Balaban J connectivity index is 1.52. The maximum Gasteiger partial charge on any atom is 0.239 e. The molecule has 2 aromatic heterocycles. The predicted octanol–water partition coefficient (Wildman–Crippen LogP) is 1.22. The van der Waals surface area contributed by atoms with E-state index in [1.165, 1.54) is 12.3 Å². The van der Waals surface area contributed by atoms with Crippen molar-refractivity contribution < 1.29 is 8.42 Å². The Kier molecular flexibility index (Phi) is 3.33. The number of hydrogen-bond donors (Lipinski definition) is 1. The van der Waals surface area contributed by atoms with Crippen molar-refractivity contribution in [2.45, 2.75) is 10.8 Å². The van der Waals surface area contributed by atoms with Gasteiger partial charge in [0.25, 0.3) is 0 Å². The van der Waals surface area contributed by atoms with E-state index < -0.39 is 10.0 Å². The first-order chi connectivity index (χ1) is 11.4. The van der Waals surface area contributed by atoms with Gasteiger partial charge in [0.2, 0.25) is 10.0 Å². The summed E-state index contributed by atoms with van der Waals surface area (Å²) < 4.78 is 24.7. The Morgan fingerprint density at radius 2 is 1.92 bits per heavy atom. The van der Waals surface area contributed by atoms with Crippen LogP contribution in [-0.4, -0.2) is 36.0 Å². The lowest BCUT2D eigenvalue weighted by molar-refractivity contribution is 0.486. The van der Waals surface area contributed by atoms with Crippen LogP contribution in [0.2, 0.25) is 0 Å². The molecule has 1 fully saturated rings. The van der Waals surface area contributed by atoms with Crippen molar-refractivity contribution in [2.24, 2.45) is 12.2 Å². The highest BCUT2D eigenvalue weighted by atomic mass is 32.2. The molecule has 4 rings (SSSR count). The van der Waals surface area contributed by atoms with E-state index in [9.17, 15) is 8.42 Å². The van der Waals surface area contributed by atoms with Gasteiger partial charge >= 0.3 is 0 Å². The second-order valence-electron chi connectivity index (χ2n) is 6.02. The third-order valence-electron chi connectivity index (χ3n) is 4.44. The molecule has 24 heavy (non-hydrogen) atoms. The van der Waals surface area contributed by atoms with Crippen LogP contribution in [0.3, 0.4) is 0 Å². The van der Waals surface area contributed by atoms with Gasteiger partial charge in [0, 0.05) is 26.3 Å². The molecule has 3 aromatic rings. The van der Waals surface area contributed by atoms with Gasteiger partial charge in [-0.3, -0.25) is 0 Å². The zero-order chi connectivity index (χ0) is 16.9. The van der Waals surface area contributed by atoms with E-state index in [4.69, 9.17) is 10.1 Å². The highest BCUT2D eigenvalue weighted by Gasteiger charge is 2.32. The van der Waals surface area contributed by atoms with Crippen LogP contribution in [0.15, 0.2) is 47.5 Å². The van der Waals surface area contributed by atoms with Crippen LogP contribution in [-0.2, 0) is 17.1 Å². The molecule has 1 aromatic carbocycles. The highest BCUT2D eigenvalue weighted by molar-refractivity contribution is 7.89. The van der Waals surface area contributed by atoms with Crippen LogP contribution < -0.4 is 10.0 Å². The van der Waals surface area contributed by atoms with Crippen molar-refractivity contribution in [1.82, 2.24) is 14.5 Å². The third kappa shape index (κ3) is 2.44. The number of nitrogens with two attached hydrogens (primary N) is 1. The van der Waals surface area contributed by atoms with Crippen molar-refractivity contribution in [3.8, 4) is 0 Å². The number of para-hydroxylation sites is 2. The Labute approximate surface area is 139 Å². The number of imidazole rings is 1. The van der Waals surface area contributed by atoms with E-state index in [1.54, 1.807) is 6.07 Å². The number of pyridine rings is 1. The number of sulfonamides is 1. The summed E-state index contributed by atoms with van der Waals surface area (Å²) in [6, 6.07) is 11.3. The summed E-state index contributed by atoms with van der Waals surface area (Å²) in [5.74, 6) is 2.15. The average molecular weight is 343 g/mol. The van der Waals surface area contributed by atoms with Crippen molar-refractivity contribution in [3.63, 3.8) is 0 Å². The fourth-order valence-corrected chi connectivity index (χ4v) is 3.54. The lowest BCUT2D eigenvalue weighted by atomic mass is 9.99. The Morgan fingerprint density at radius 3 is 2.54 bits per heavy atom. The van der Waals surface area contributed by atoms with E-state index >= 15 is 0 Å². The van der Waals surface area contributed by atoms with Gasteiger partial charge in [-0.15, -0.1) is 0 Å². The normalized spacial score (nSPS) is 15.7. The first-order valence-electron chi connectivity index (χ1n) is 7.58. The second-order valence-corrected chi connectivity index (χ2v) is 7.58. The summed E-state index contributed by atoms with van der Waals surface area (Å²) in [6.07, 6.45) is 1.30. The van der Waals surface area contributed by atoms with Crippen LogP contribution in [0.4, 0.5) is 5.82 Å². The summed E-state index contributed by atoms with van der Waals surface area (Å²) in [6.45, 7) is 1.61. The maximum absolute atomic E-state index is 11.3. The van der Waals surface area contributed by atoms with E-state index in [-0.39, 0.29) is 4.90 Å². The number of hydrogen-bond acceptors (Lipinski definition) is 5. The van der Waals surface area contributed by atoms with Crippen LogP contribution >= 0.6 is 0 Å². The average Bonchev–Trinajstić information content (AvgIpc) is 2.83. The molecule has 0 radical (unpaired) electrons. The topological polar surface area (TPSA) is 94.1 Å². The van der Waals surface area contributed by atoms with E-state index in [0.29, 0.717) is 5.92 Å².